The van der Waals surface area contributed by atoms with Gasteiger partial charge in [-0.2, -0.15) is 5.26 Å². The third-order valence-electron chi connectivity index (χ3n) is 8.42. The maximum atomic E-state index is 14.7. The van der Waals surface area contributed by atoms with Crippen LogP contribution in [-0.2, 0) is 17.8 Å². The lowest BCUT2D eigenvalue weighted by Crippen LogP contribution is -2.58. The zero-order chi connectivity index (χ0) is 29.1. The number of rotatable bonds is 7. The summed E-state index contributed by atoms with van der Waals surface area (Å²) in [5.74, 6) is -1.07. The van der Waals surface area contributed by atoms with Gasteiger partial charge in [-0.25, -0.2) is 13.8 Å². The molecule has 10 heteroatoms. The maximum absolute atomic E-state index is 14.7. The van der Waals surface area contributed by atoms with Crippen LogP contribution in [0.5, 0.6) is 5.88 Å². The predicted octanol–water partition coefficient (Wildman–Crippen LogP) is 4.27. The lowest BCUT2D eigenvalue weighted by Gasteiger charge is -2.46. The van der Waals surface area contributed by atoms with Gasteiger partial charge in [-0.15, -0.1) is 0 Å². The van der Waals surface area contributed by atoms with Crippen molar-refractivity contribution in [2.45, 2.75) is 58.2 Å². The Morgan fingerprint density at radius 1 is 1.15 bits per heavy atom. The monoisotopic (exact) mass is 564 g/mol. The molecule has 1 aromatic heterocycles. The quantitative estimate of drug-likeness (QED) is 0.465. The Labute approximate surface area is 240 Å². The molecule has 41 heavy (non-hydrogen) atoms. The highest BCUT2D eigenvalue weighted by molar-refractivity contribution is 5.88. The molecule has 4 heterocycles. The minimum atomic E-state index is -0.621. The van der Waals surface area contributed by atoms with Gasteiger partial charge in [0.05, 0.1) is 23.6 Å². The summed E-state index contributed by atoms with van der Waals surface area (Å²) in [5, 5.41) is 10.4. The van der Waals surface area contributed by atoms with Crippen molar-refractivity contribution in [2.75, 3.05) is 55.7 Å². The number of halogens is 2. The number of ether oxygens (including phenoxy) is 1. The number of hydrogen-bond acceptors (Lipinski definition) is 7. The Morgan fingerprint density at radius 2 is 1.88 bits per heavy atom. The van der Waals surface area contributed by atoms with E-state index in [1.807, 2.05) is 23.6 Å². The van der Waals surface area contributed by atoms with Crippen LogP contribution in [0, 0.1) is 23.0 Å². The lowest BCUT2D eigenvalue weighted by atomic mass is 9.96. The Morgan fingerprint density at radius 3 is 2.54 bits per heavy atom. The van der Waals surface area contributed by atoms with Crippen LogP contribution in [0.15, 0.2) is 30.9 Å². The summed E-state index contributed by atoms with van der Waals surface area (Å²) >= 11 is 0. The first-order valence-electron chi connectivity index (χ1n) is 14.5. The molecule has 2 fully saturated rings. The van der Waals surface area contributed by atoms with Gasteiger partial charge < -0.3 is 19.4 Å². The van der Waals surface area contributed by atoms with Gasteiger partial charge >= 0.3 is 0 Å². The molecule has 0 aliphatic carbocycles. The van der Waals surface area contributed by atoms with Gasteiger partial charge in [0.2, 0.25) is 11.8 Å². The number of piperidine rings is 1. The van der Waals surface area contributed by atoms with Gasteiger partial charge in [-0.05, 0) is 64.4 Å². The number of fused-ring (bicyclic) bond motifs is 1. The maximum Gasteiger partial charge on any atom is 0.246 e. The minimum absolute atomic E-state index is 0.100. The summed E-state index contributed by atoms with van der Waals surface area (Å²) in [6.07, 6.45) is 5.48. The molecule has 2 saturated heterocycles. The molecule has 2 atom stereocenters. The molecule has 8 nitrogen and oxygen atoms in total. The van der Waals surface area contributed by atoms with E-state index in [2.05, 4.69) is 22.4 Å². The van der Waals surface area contributed by atoms with E-state index in [9.17, 15) is 18.8 Å². The van der Waals surface area contributed by atoms with Gasteiger partial charge in [-0.1, -0.05) is 13.0 Å². The average molecular weight is 565 g/mol. The van der Waals surface area contributed by atoms with Gasteiger partial charge in [0.25, 0.3) is 0 Å². The second-order valence-electron chi connectivity index (χ2n) is 11.2. The molecule has 1 amide bonds. The van der Waals surface area contributed by atoms with Gasteiger partial charge in [-0.3, -0.25) is 9.69 Å². The molecule has 0 spiro atoms. The highest BCUT2D eigenvalue weighted by Crippen LogP contribution is 2.39. The molecule has 3 aliphatic rings. The van der Waals surface area contributed by atoms with E-state index in [0.717, 1.165) is 37.0 Å². The first-order chi connectivity index (χ1) is 19.8. The summed E-state index contributed by atoms with van der Waals surface area (Å²) in [4.78, 5) is 25.6. The van der Waals surface area contributed by atoms with E-state index in [1.165, 1.54) is 37.5 Å². The van der Waals surface area contributed by atoms with Crippen molar-refractivity contribution in [3.05, 3.63) is 59.3 Å². The van der Waals surface area contributed by atoms with Crippen molar-refractivity contribution in [3.63, 3.8) is 0 Å². The Bertz CT molecular complexity index is 1330. The Hall–Kier alpha value is -3.71. The third-order valence-corrected chi connectivity index (χ3v) is 8.42. The zero-order valence-electron chi connectivity index (χ0n) is 23.9. The molecule has 1 aromatic carbocycles. The first kappa shape index (κ1) is 28.8. The number of carbonyl (C=O) groups excluding carboxylic acids is 1. The number of amides is 1. The van der Waals surface area contributed by atoms with E-state index in [1.54, 1.807) is 0 Å². The van der Waals surface area contributed by atoms with Crippen molar-refractivity contribution in [1.82, 2.24) is 14.8 Å². The van der Waals surface area contributed by atoms with Crippen molar-refractivity contribution in [3.8, 4) is 11.9 Å². The van der Waals surface area contributed by atoms with Crippen LogP contribution in [0.25, 0.3) is 0 Å². The summed E-state index contributed by atoms with van der Waals surface area (Å²) in [6.45, 7) is 12.8. The fraction of sp³-hybridized carbons (Fsp3) is 0.516. The minimum Gasteiger partial charge on any atom is -0.475 e. The van der Waals surface area contributed by atoms with Gasteiger partial charge in [0, 0.05) is 49.9 Å². The molecule has 5 rings (SSSR count). The third kappa shape index (κ3) is 6.01. The second kappa shape index (κ2) is 12.4. The summed E-state index contributed by atoms with van der Waals surface area (Å²) < 4.78 is 34.5. The van der Waals surface area contributed by atoms with Crippen LogP contribution in [-0.4, -0.2) is 78.7 Å². The van der Waals surface area contributed by atoms with Crippen molar-refractivity contribution < 1.29 is 18.3 Å². The molecule has 0 radical (unpaired) electrons. The van der Waals surface area contributed by atoms with Crippen LogP contribution in [0.1, 0.15) is 49.9 Å². The summed E-state index contributed by atoms with van der Waals surface area (Å²) in [7, 11) is 0. The fourth-order valence-electron chi connectivity index (χ4n) is 6.53. The van der Waals surface area contributed by atoms with Crippen molar-refractivity contribution in [2.24, 2.45) is 0 Å². The number of nitrogens with zero attached hydrogens (tertiary/aromatic N) is 6. The number of piperazine rings is 1. The predicted molar refractivity (Wildman–Crippen MR) is 154 cm³/mol. The summed E-state index contributed by atoms with van der Waals surface area (Å²) in [6, 6.07) is 5.78. The number of benzene rings is 1. The van der Waals surface area contributed by atoms with Gasteiger partial charge in [0.1, 0.15) is 29.9 Å². The summed E-state index contributed by atoms with van der Waals surface area (Å²) in [5.41, 5.74) is 3.15. The topological polar surface area (TPSA) is 75.9 Å². The molecule has 218 valence electrons. The highest BCUT2D eigenvalue weighted by Gasteiger charge is 2.36. The molecular formula is C31H38F2N6O2. The van der Waals surface area contributed by atoms with Crippen LogP contribution in [0.2, 0.25) is 0 Å². The number of pyridine rings is 1. The number of nitriles is 1. The van der Waals surface area contributed by atoms with E-state index in [4.69, 9.17) is 9.72 Å². The average Bonchev–Trinajstić information content (AvgIpc) is 2.96. The Kier molecular flexibility index (Phi) is 8.74. The number of likely N-dealkylation sites (tertiary alicyclic amines) is 1. The van der Waals surface area contributed by atoms with E-state index in [0.29, 0.717) is 56.2 Å². The highest BCUT2D eigenvalue weighted by atomic mass is 19.1. The van der Waals surface area contributed by atoms with Crippen molar-refractivity contribution in [1.29, 1.82) is 5.26 Å². The molecule has 0 N–H and O–H groups in total. The number of aromatic nitrogens is 1. The molecule has 2 aromatic rings. The molecular weight excluding hydrogens is 526 g/mol. The molecule has 0 saturated carbocycles. The molecule has 0 unspecified atom stereocenters. The standard InChI is InChI=1S/C31H38F2N6O2/c1-4-29(40)39-21(2)18-38(19-22(39)3)30-24-10-13-37(28-9-8-23(32)16-26(28)33)20-27(24)35-31(25(30)17-34)41-15-14-36-11-6-5-7-12-36/h4,8-9,16,21-22H,1,5-7,10-15,18-20H2,2-3H3/t21-,22+. The molecule has 0 bridgehead atoms. The van der Waals surface area contributed by atoms with Crippen LogP contribution >= 0.6 is 0 Å². The number of hydrogen-bond donors (Lipinski definition) is 0. The number of carbonyl (C=O) groups is 1. The smallest absolute Gasteiger partial charge is 0.246 e. The van der Waals surface area contributed by atoms with E-state index >= 15 is 0 Å². The van der Waals surface area contributed by atoms with Crippen LogP contribution in [0.4, 0.5) is 20.2 Å². The van der Waals surface area contributed by atoms with Crippen LogP contribution in [0.3, 0.4) is 0 Å². The van der Waals surface area contributed by atoms with Crippen LogP contribution < -0.4 is 14.5 Å². The second-order valence-corrected chi connectivity index (χ2v) is 11.2. The van der Waals surface area contributed by atoms with E-state index in [-0.39, 0.29) is 23.9 Å². The number of anilines is 2. The van der Waals surface area contributed by atoms with E-state index < -0.39 is 11.6 Å². The lowest BCUT2D eigenvalue weighted by molar-refractivity contribution is -0.130. The first-order valence-corrected chi connectivity index (χ1v) is 14.5. The fourth-order valence-corrected chi connectivity index (χ4v) is 6.53. The Balaban J connectivity index is 1.49. The van der Waals surface area contributed by atoms with Gasteiger partial charge in [0.15, 0.2) is 0 Å². The SMILES string of the molecule is C=CC(=O)N1[C@H](C)CN(c2c(C#N)c(OCCN3CCCCC3)nc3c2CCN(c2ccc(F)cc2F)C3)C[C@@H]1C. The zero-order valence-corrected chi connectivity index (χ0v) is 23.9. The normalized spacial score (nSPS) is 21.3. The van der Waals surface area contributed by atoms with Crippen molar-refractivity contribution >= 4 is 17.3 Å². The largest absolute Gasteiger partial charge is 0.475 e. The molecule has 3 aliphatic heterocycles.